The number of ether oxygens (including phenoxy) is 1. The van der Waals surface area contributed by atoms with Crippen LogP contribution in [0.1, 0.15) is 32.1 Å². The van der Waals surface area contributed by atoms with Crippen LogP contribution in [0.4, 0.5) is 5.69 Å². The zero-order valence-electron chi connectivity index (χ0n) is 23.1. The molecule has 3 fully saturated rings. The number of aliphatic hydroxyl groups is 1. The maximum Gasteiger partial charge on any atom is 0.311 e. The van der Waals surface area contributed by atoms with Gasteiger partial charge in [0.1, 0.15) is 12.6 Å². The number of likely N-dealkylation sites (tertiary alicyclic amines) is 1. The van der Waals surface area contributed by atoms with E-state index in [1.807, 2.05) is 42.5 Å². The molecule has 2 bridgehead atoms. The summed E-state index contributed by atoms with van der Waals surface area (Å²) in [7, 11) is 0. The lowest BCUT2D eigenvalue weighted by Gasteiger charge is -2.38. The quantitative estimate of drug-likeness (QED) is 0.142. The minimum Gasteiger partial charge on any atom is -0.461 e. The molecule has 0 aliphatic carbocycles. The first-order valence-corrected chi connectivity index (χ1v) is 16.1. The van der Waals surface area contributed by atoms with Crippen LogP contribution in [0.15, 0.2) is 67.8 Å². The molecular formula is C32H37BrN2O5S. The summed E-state index contributed by atoms with van der Waals surface area (Å²) >= 11 is 5.41. The predicted molar refractivity (Wildman–Crippen MR) is 167 cm³/mol. The van der Waals surface area contributed by atoms with E-state index in [1.54, 1.807) is 27.6 Å². The second-order valence-electron chi connectivity index (χ2n) is 11.0. The summed E-state index contributed by atoms with van der Waals surface area (Å²) in [5, 5.41) is 11.1. The van der Waals surface area contributed by atoms with Crippen molar-refractivity contribution < 1.29 is 24.2 Å². The van der Waals surface area contributed by atoms with Crippen molar-refractivity contribution in [1.82, 2.24) is 4.90 Å². The summed E-state index contributed by atoms with van der Waals surface area (Å²) < 4.78 is 4.74. The van der Waals surface area contributed by atoms with Crippen LogP contribution in [-0.2, 0) is 19.1 Å². The first kappa shape index (κ1) is 29.9. The van der Waals surface area contributed by atoms with Gasteiger partial charge >= 0.3 is 5.97 Å². The van der Waals surface area contributed by atoms with Crippen LogP contribution in [-0.4, -0.2) is 75.0 Å². The van der Waals surface area contributed by atoms with E-state index in [9.17, 15) is 19.5 Å². The highest BCUT2D eigenvalue weighted by molar-refractivity contribution is 9.09. The van der Waals surface area contributed by atoms with Crippen molar-refractivity contribution >= 4 is 61.9 Å². The topological polar surface area (TPSA) is 87.1 Å². The first-order valence-electron chi connectivity index (χ1n) is 14.3. The minimum absolute atomic E-state index is 0.0221. The van der Waals surface area contributed by atoms with Crippen molar-refractivity contribution in [1.29, 1.82) is 0 Å². The fourth-order valence-corrected chi connectivity index (χ4v) is 10.4. The molecule has 3 saturated heterocycles. The van der Waals surface area contributed by atoms with E-state index in [0.29, 0.717) is 32.4 Å². The van der Waals surface area contributed by atoms with E-state index in [4.69, 9.17) is 4.74 Å². The van der Waals surface area contributed by atoms with Crippen molar-refractivity contribution in [3.05, 3.63) is 67.8 Å². The van der Waals surface area contributed by atoms with Crippen molar-refractivity contribution in [3.63, 3.8) is 0 Å². The molecule has 0 radical (unpaired) electrons. The lowest BCUT2D eigenvalue weighted by molar-refractivity contribution is -0.153. The van der Waals surface area contributed by atoms with Crippen molar-refractivity contribution in [2.45, 2.75) is 53.0 Å². The van der Waals surface area contributed by atoms with Crippen molar-refractivity contribution in [2.24, 2.45) is 11.8 Å². The Morgan fingerprint density at radius 2 is 1.88 bits per heavy atom. The number of fused-ring (bicyclic) bond motifs is 2. The molecular weight excluding hydrogens is 604 g/mol. The molecule has 6 atom stereocenters. The van der Waals surface area contributed by atoms with E-state index >= 15 is 0 Å². The van der Waals surface area contributed by atoms with Crippen LogP contribution in [0.25, 0.3) is 10.8 Å². The van der Waals surface area contributed by atoms with Crippen LogP contribution >= 0.6 is 27.7 Å². The van der Waals surface area contributed by atoms with Crippen LogP contribution in [0, 0.1) is 11.8 Å². The highest BCUT2D eigenvalue weighted by Crippen LogP contribution is 2.68. The summed E-state index contributed by atoms with van der Waals surface area (Å²) in [4.78, 5) is 45.7. The lowest BCUT2D eigenvalue weighted by Crippen LogP contribution is -2.55. The largest absolute Gasteiger partial charge is 0.461 e. The van der Waals surface area contributed by atoms with Gasteiger partial charge in [-0.25, -0.2) is 0 Å². The number of halogens is 1. The number of aliphatic hydroxyl groups excluding tert-OH is 1. The van der Waals surface area contributed by atoms with Gasteiger partial charge in [-0.15, -0.1) is 18.3 Å². The fourth-order valence-electron chi connectivity index (χ4n) is 6.85. The molecule has 2 amide bonds. The second kappa shape index (κ2) is 12.7. The van der Waals surface area contributed by atoms with Gasteiger partial charge in [0, 0.05) is 35.5 Å². The molecule has 0 saturated carbocycles. The van der Waals surface area contributed by atoms with Crippen molar-refractivity contribution in [2.75, 3.05) is 31.2 Å². The highest BCUT2D eigenvalue weighted by Gasteiger charge is 2.76. The van der Waals surface area contributed by atoms with Gasteiger partial charge in [0.25, 0.3) is 5.91 Å². The number of unbranched alkanes of at least 4 members (excludes halogenated alkanes) is 3. The van der Waals surface area contributed by atoms with E-state index < -0.39 is 28.6 Å². The predicted octanol–water partition coefficient (Wildman–Crippen LogP) is 5.11. The third-order valence-electron chi connectivity index (χ3n) is 8.57. The summed E-state index contributed by atoms with van der Waals surface area (Å²) in [5.41, 5.74) is 0.749. The number of thioether (sulfide) groups is 1. The Bertz CT molecular complexity index is 1340. The first-order chi connectivity index (χ1) is 19.9. The molecule has 3 aliphatic rings. The number of carbonyl (C=O) groups excluding carboxylic acids is 3. The molecule has 41 heavy (non-hydrogen) atoms. The Balaban J connectivity index is 1.53. The summed E-state index contributed by atoms with van der Waals surface area (Å²) in [6.07, 6.45) is 6.96. The second-order valence-corrected chi connectivity index (χ2v) is 13.7. The molecule has 1 N–H and O–H groups in total. The zero-order valence-corrected chi connectivity index (χ0v) is 25.5. The van der Waals surface area contributed by atoms with Gasteiger partial charge in [-0.05, 0) is 42.2 Å². The summed E-state index contributed by atoms with van der Waals surface area (Å²) in [6, 6.07) is 13.2. The number of benzene rings is 2. The van der Waals surface area contributed by atoms with Crippen LogP contribution in [0.3, 0.4) is 0 Å². The van der Waals surface area contributed by atoms with Gasteiger partial charge in [0.2, 0.25) is 5.91 Å². The minimum atomic E-state index is -0.744. The molecule has 3 unspecified atom stereocenters. The number of alkyl halides is 1. The van der Waals surface area contributed by atoms with Gasteiger partial charge in [-0.1, -0.05) is 77.8 Å². The number of amides is 2. The van der Waals surface area contributed by atoms with Gasteiger partial charge < -0.3 is 19.6 Å². The number of esters is 1. The molecule has 1 spiro atoms. The Labute approximate surface area is 254 Å². The number of anilines is 1. The maximum atomic E-state index is 14.7. The van der Waals surface area contributed by atoms with E-state index in [0.717, 1.165) is 29.3 Å². The molecule has 218 valence electrons. The SMILES string of the molecule is C=CCOC(=O)[C@H]1[C@H]2C(=O)N(CCCCCCO)C(C(=O)N(CC=C)c3ccc4ccccc4c3)C23CC(Br)[C@@H]1S3. The number of rotatable bonds is 13. The normalized spacial score (nSPS) is 28.1. The number of carbonyl (C=O) groups is 3. The van der Waals surface area contributed by atoms with E-state index in [2.05, 4.69) is 29.1 Å². The molecule has 2 aromatic rings. The number of hydrogen-bond acceptors (Lipinski definition) is 6. The van der Waals surface area contributed by atoms with Gasteiger partial charge in [0.05, 0.1) is 16.6 Å². The average Bonchev–Trinajstić information content (AvgIpc) is 3.57. The zero-order chi connectivity index (χ0) is 29.1. The number of hydrogen-bond donors (Lipinski definition) is 1. The Hall–Kier alpha value is -2.62. The summed E-state index contributed by atoms with van der Waals surface area (Å²) in [5.74, 6) is -1.96. The molecule has 5 rings (SSSR count). The maximum absolute atomic E-state index is 14.7. The van der Waals surface area contributed by atoms with Crippen LogP contribution in [0.2, 0.25) is 0 Å². The Morgan fingerprint density at radius 3 is 2.61 bits per heavy atom. The number of nitrogens with zero attached hydrogens (tertiary/aromatic N) is 2. The fraction of sp³-hybridized carbons (Fsp3) is 0.469. The molecule has 9 heteroatoms. The van der Waals surface area contributed by atoms with Crippen LogP contribution in [0.5, 0.6) is 0 Å². The highest BCUT2D eigenvalue weighted by atomic mass is 79.9. The summed E-state index contributed by atoms with van der Waals surface area (Å²) in [6.45, 7) is 8.50. The van der Waals surface area contributed by atoms with Gasteiger partial charge in [0.15, 0.2) is 0 Å². The van der Waals surface area contributed by atoms with Crippen molar-refractivity contribution in [3.8, 4) is 0 Å². The monoisotopic (exact) mass is 640 g/mol. The molecule has 3 aliphatic heterocycles. The van der Waals surface area contributed by atoms with E-state index in [-0.39, 0.29) is 35.1 Å². The van der Waals surface area contributed by atoms with Gasteiger partial charge in [-0.2, -0.15) is 0 Å². The Kier molecular flexibility index (Phi) is 9.26. The Morgan fingerprint density at radius 1 is 1.12 bits per heavy atom. The lowest BCUT2D eigenvalue weighted by atomic mass is 9.71. The van der Waals surface area contributed by atoms with Crippen LogP contribution < -0.4 is 4.90 Å². The molecule has 7 nitrogen and oxygen atoms in total. The van der Waals surface area contributed by atoms with Gasteiger partial charge in [-0.3, -0.25) is 14.4 Å². The molecule has 2 aromatic carbocycles. The molecule has 3 heterocycles. The average molecular weight is 642 g/mol. The third-order valence-corrected chi connectivity index (χ3v) is 11.8. The standard InChI is InChI=1S/C32H37BrN2O5S/c1-3-15-34(23-14-13-21-11-7-8-12-22(21)19-23)30(38)28-32-20-24(33)27(41-32)25(31(39)40-18-4-2)26(32)29(37)35(28)16-9-5-6-10-17-36/h3-4,7-8,11-14,19,24-28,36H,1-2,5-6,9-10,15-18,20H2/t24?,25-,26-,27-,28?,32?/m0/s1. The smallest absolute Gasteiger partial charge is 0.311 e. The van der Waals surface area contributed by atoms with E-state index in [1.165, 1.54) is 6.08 Å². The molecule has 0 aromatic heterocycles. The third kappa shape index (κ3) is 5.37.